The molecule has 0 aliphatic rings. The van der Waals surface area contributed by atoms with Gasteiger partial charge < -0.3 is 14.2 Å². The van der Waals surface area contributed by atoms with Crippen LogP contribution in [0.3, 0.4) is 0 Å². The zero-order valence-corrected chi connectivity index (χ0v) is 17.3. The van der Waals surface area contributed by atoms with Gasteiger partial charge in [0.1, 0.15) is 0 Å². The van der Waals surface area contributed by atoms with Crippen LogP contribution in [0.2, 0.25) is 0 Å². The predicted octanol–water partition coefficient (Wildman–Crippen LogP) is 4.22. The van der Waals surface area contributed by atoms with Crippen molar-refractivity contribution < 1.29 is 14.2 Å². The summed E-state index contributed by atoms with van der Waals surface area (Å²) in [4.78, 5) is 0. The van der Waals surface area contributed by atoms with Crippen molar-refractivity contribution in [3.05, 3.63) is 0 Å². The zero-order chi connectivity index (χ0) is 20.5. The van der Waals surface area contributed by atoms with Crippen molar-refractivity contribution >= 4 is 0 Å². The van der Waals surface area contributed by atoms with Crippen LogP contribution >= 0.6 is 0 Å². The average Bonchev–Trinajstić information content (AvgIpc) is 2.61. The maximum Gasteiger partial charge on any atom is 0.0721 e. The zero-order valence-electron chi connectivity index (χ0n) is 17.3. The molecule has 0 spiro atoms. The molecule has 0 rings (SSSR count). The molecule has 0 aliphatic heterocycles. The molecule has 0 atom stereocenters. The molecule has 0 aromatic rings. The van der Waals surface area contributed by atoms with Crippen molar-refractivity contribution in [2.24, 2.45) is 10.8 Å². The normalized spacial score (nSPS) is 11.1. The number of nitrogens with zero attached hydrogens (tertiary/aromatic N) is 3. The van der Waals surface area contributed by atoms with Gasteiger partial charge in [0.05, 0.1) is 76.6 Å². The van der Waals surface area contributed by atoms with Crippen molar-refractivity contribution in [3.63, 3.8) is 0 Å². The van der Waals surface area contributed by atoms with Crippen LogP contribution in [0.25, 0.3) is 0 Å². The minimum absolute atomic E-state index is 0.192. The summed E-state index contributed by atoms with van der Waals surface area (Å²) < 4.78 is 17.2. The predicted molar refractivity (Wildman–Crippen MR) is 101 cm³/mol. The lowest BCUT2D eigenvalue weighted by Gasteiger charge is -2.43. The SMILES string of the molecule is CC.CC(C)(COCCC#N)C(OCCC#N)C(C)(C)COCCC#N. The molecule has 0 amide bonds. The maximum atomic E-state index is 8.75. The van der Waals surface area contributed by atoms with E-state index in [1.165, 1.54) is 0 Å². The molecule has 0 saturated carbocycles. The van der Waals surface area contributed by atoms with Crippen LogP contribution in [0.1, 0.15) is 60.8 Å². The fourth-order valence-electron chi connectivity index (χ4n) is 2.79. The van der Waals surface area contributed by atoms with Crippen molar-refractivity contribution in [1.29, 1.82) is 15.8 Å². The molecule has 0 saturated heterocycles. The highest BCUT2D eigenvalue weighted by molar-refractivity contribution is 4.91. The van der Waals surface area contributed by atoms with E-state index in [9.17, 15) is 0 Å². The van der Waals surface area contributed by atoms with E-state index in [0.717, 1.165) is 0 Å². The molecule has 0 aromatic heterocycles. The van der Waals surface area contributed by atoms with Gasteiger partial charge in [-0.1, -0.05) is 41.5 Å². The van der Waals surface area contributed by atoms with Gasteiger partial charge in [-0.3, -0.25) is 0 Å². The monoisotopic (exact) mass is 365 g/mol. The summed E-state index contributed by atoms with van der Waals surface area (Å²) >= 11 is 0. The van der Waals surface area contributed by atoms with E-state index in [2.05, 4.69) is 18.2 Å². The summed E-state index contributed by atoms with van der Waals surface area (Å²) in [6, 6.07) is 6.20. The summed E-state index contributed by atoms with van der Waals surface area (Å²) in [5.74, 6) is 0. The van der Waals surface area contributed by atoms with E-state index in [1.54, 1.807) is 0 Å². The topological polar surface area (TPSA) is 99.1 Å². The number of hydrogen-bond acceptors (Lipinski definition) is 6. The Labute approximate surface area is 159 Å². The Hall–Kier alpha value is -1.65. The highest BCUT2D eigenvalue weighted by Gasteiger charge is 2.42. The summed E-state index contributed by atoms with van der Waals surface area (Å²) in [6.07, 6.45) is 0.850. The summed E-state index contributed by atoms with van der Waals surface area (Å²) in [6.45, 7) is 14.2. The third-order valence-electron chi connectivity index (χ3n) is 3.58. The largest absolute Gasteiger partial charge is 0.380 e. The highest BCUT2D eigenvalue weighted by atomic mass is 16.5. The maximum absolute atomic E-state index is 8.75. The second-order valence-corrected chi connectivity index (χ2v) is 7.06. The fraction of sp³-hybridized carbons (Fsp3) is 0.850. The molecular formula is C20H35N3O3. The standard InChI is InChI=1S/C18H29N3O3.C2H6/c1-17(2,14-22-11-5-8-19)16(24-13-7-10-21)18(3,4)15-23-12-6-9-20;1-2/h16H,5-7,11-15H2,1-4H3;1-2H3. The lowest BCUT2D eigenvalue weighted by atomic mass is 9.72. The van der Waals surface area contributed by atoms with Crippen LogP contribution < -0.4 is 0 Å². The highest BCUT2D eigenvalue weighted by Crippen LogP contribution is 2.37. The van der Waals surface area contributed by atoms with Gasteiger partial charge in [-0.25, -0.2) is 0 Å². The average molecular weight is 366 g/mol. The number of ether oxygens (including phenoxy) is 3. The molecule has 26 heavy (non-hydrogen) atoms. The van der Waals surface area contributed by atoms with Gasteiger partial charge in [0.25, 0.3) is 0 Å². The summed E-state index contributed by atoms with van der Waals surface area (Å²) in [7, 11) is 0. The van der Waals surface area contributed by atoms with Crippen molar-refractivity contribution in [1.82, 2.24) is 0 Å². The molecule has 0 heterocycles. The van der Waals surface area contributed by atoms with Crippen LogP contribution in [-0.2, 0) is 14.2 Å². The lowest BCUT2D eigenvalue weighted by molar-refractivity contribution is -0.137. The number of hydrogen-bond donors (Lipinski definition) is 0. The van der Waals surface area contributed by atoms with Crippen molar-refractivity contribution in [2.45, 2.75) is 66.9 Å². The first-order valence-electron chi connectivity index (χ1n) is 9.20. The molecule has 0 unspecified atom stereocenters. The molecule has 6 nitrogen and oxygen atoms in total. The quantitative estimate of drug-likeness (QED) is 0.453. The second kappa shape index (κ2) is 15.6. The van der Waals surface area contributed by atoms with Crippen LogP contribution in [-0.4, -0.2) is 39.1 Å². The van der Waals surface area contributed by atoms with E-state index in [1.807, 2.05) is 41.5 Å². The Kier molecular flexibility index (Phi) is 15.9. The molecule has 148 valence electrons. The van der Waals surface area contributed by atoms with Gasteiger partial charge in [0.2, 0.25) is 0 Å². The van der Waals surface area contributed by atoms with Crippen molar-refractivity contribution in [3.8, 4) is 18.2 Å². The Morgan fingerprint density at radius 1 is 0.692 bits per heavy atom. The smallest absolute Gasteiger partial charge is 0.0721 e. The third-order valence-corrected chi connectivity index (χ3v) is 3.58. The van der Waals surface area contributed by atoms with Crippen molar-refractivity contribution in [2.75, 3.05) is 33.0 Å². The van der Waals surface area contributed by atoms with Crippen LogP contribution in [0.4, 0.5) is 0 Å². The Morgan fingerprint density at radius 3 is 1.38 bits per heavy atom. The van der Waals surface area contributed by atoms with E-state index in [4.69, 9.17) is 30.0 Å². The molecule has 0 N–H and O–H groups in total. The molecular weight excluding hydrogens is 330 g/mol. The van der Waals surface area contributed by atoms with Gasteiger partial charge >= 0.3 is 0 Å². The third kappa shape index (κ3) is 11.8. The molecule has 6 heteroatoms. The fourth-order valence-corrected chi connectivity index (χ4v) is 2.79. The van der Waals surface area contributed by atoms with Gasteiger partial charge in [-0.2, -0.15) is 15.8 Å². The van der Waals surface area contributed by atoms with Gasteiger partial charge in [-0.15, -0.1) is 0 Å². The van der Waals surface area contributed by atoms with E-state index < -0.39 is 0 Å². The van der Waals surface area contributed by atoms with E-state index >= 15 is 0 Å². The van der Waals surface area contributed by atoms with E-state index in [0.29, 0.717) is 52.3 Å². The molecule has 0 bridgehead atoms. The Morgan fingerprint density at radius 2 is 1.04 bits per heavy atom. The van der Waals surface area contributed by atoms with Crippen LogP contribution in [0.5, 0.6) is 0 Å². The molecule has 0 aromatic carbocycles. The second-order valence-electron chi connectivity index (χ2n) is 7.06. The van der Waals surface area contributed by atoms with Crippen LogP contribution in [0, 0.1) is 44.8 Å². The summed E-state index contributed by atoms with van der Waals surface area (Å²) in [5, 5.41) is 25.9. The Balaban J connectivity index is 0. The number of nitriles is 3. The number of rotatable bonds is 13. The minimum Gasteiger partial charge on any atom is -0.380 e. The Bertz CT molecular complexity index is 436. The molecule has 0 fully saturated rings. The van der Waals surface area contributed by atoms with E-state index in [-0.39, 0.29) is 16.9 Å². The first-order chi connectivity index (χ1) is 12.3. The molecule has 0 aliphatic carbocycles. The first kappa shape index (κ1) is 26.6. The lowest BCUT2D eigenvalue weighted by Crippen LogP contribution is -2.48. The van der Waals surface area contributed by atoms with Gasteiger partial charge in [0.15, 0.2) is 0 Å². The first-order valence-corrected chi connectivity index (χ1v) is 9.20. The van der Waals surface area contributed by atoms with Crippen LogP contribution in [0.15, 0.2) is 0 Å². The molecule has 0 radical (unpaired) electrons. The van der Waals surface area contributed by atoms with Gasteiger partial charge in [0, 0.05) is 10.8 Å². The summed E-state index contributed by atoms with van der Waals surface area (Å²) in [5.41, 5.74) is -0.625. The van der Waals surface area contributed by atoms with Gasteiger partial charge in [-0.05, 0) is 0 Å². The minimum atomic E-state index is -0.313.